The van der Waals surface area contributed by atoms with Gasteiger partial charge in [-0.3, -0.25) is 10.2 Å². The number of halogens is 3. The molecule has 4 rings (SSSR count). The minimum absolute atomic E-state index is 0.0434. The van der Waals surface area contributed by atoms with Crippen molar-refractivity contribution in [3.63, 3.8) is 0 Å². The zero-order chi connectivity index (χ0) is 23.5. The summed E-state index contributed by atoms with van der Waals surface area (Å²) in [5, 5.41) is 7.62. The molecule has 0 unspecified atom stereocenters. The monoisotopic (exact) mass is 506 g/mol. The number of hydrogen-bond acceptors (Lipinski definition) is 5. The third kappa shape index (κ3) is 5.01. The third-order valence-corrected chi connectivity index (χ3v) is 5.99. The highest BCUT2D eigenvalue weighted by Crippen LogP contribution is 2.34. The molecule has 1 aromatic heterocycles. The van der Waals surface area contributed by atoms with Crippen molar-refractivity contribution in [2.75, 3.05) is 19.7 Å². The van der Waals surface area contributed by atoms with E-state index in [0.29, 0.717) is 32.0 Å². The van der Waals surface area contributed by atoms with Gasteiger partial charge >= 0.3 is 5.97 Å². The second-order valence-corrected chi connectivity index (χ2v) is 8.72. The maximum Gasteiger partial charge on any atom is 0.342 e. The highest BCUT2D eigenvalue weighted by Gasteiger charge is 2.32. The van der Waals surface area contributed by atoms with Gasteiger partial charge in [-0.05, 0) is 50.1 Å². The average molecular weight is 508 g/mol. The largest absolute Gasteiger partial charge is 0.462 e. The summed E-state index contributed by atoms with van der Waals surface area (Å²) in [6.45, 7) is 3.30. The lowest BCUT2D eigenvalue weighted by Crippen LogP contribution is -2.40. The summed E-state index contributed by atoms with van der Waals surface area (Å²) in [4.78, 5) is 26.3. The van der Waals surface area contributed by atoms with Crippen molar-refractivity contribution in [2.45, 2.75) is 19.8 Å². The van der Waals surface area contributed by atoms with E-state index in [9.17, 15) is 9.59 Å². The van der Waals surface area contributed by atoms with Crippen LogP contribution in [0, 0.1) is 0 Å². The fourth-order valence-corrected chi connectivity index (χ4v) is 4.32. The molecule has 0 radical (unpaired) electrons. The summed E-state index contributed by atoms with van der Waals surface area (Å²) in [5.41, 5.74) is 4.26. The summed E-state index contributed by atoms with van der Waals surface area (Å²) in [5.74, 6) is -1.16. The molecule has 7 nitrogen and oxygen atoms in total. The van der Waals surface area contributed by atoms with Gasteiger partial charge in [0.2, 0.25) is 0 Å². The number of carbonyl (C=O) groups is 2. The van der Waals surface area contributed by atoms with E-state index in [1.807, 2.05) is 5.01 Å². The molecule has 1 aliphatic heterocycles. The first-order valence-electron chi connectivity index (χ1n) is 10.5. The van der Waals surface area contributed by atoms with Crippen LogP contribution in [0.25, 0.3) is 16.9 Å². The molecule has 0 aliphatic carbocycles. The van der Waals surface area contributed by atoms with Gasteiger partial charge in [-0.15, -0.1) is 0 Å². The van der Waals surface area contributed by atoms with Crippen LogP contribution < -0.4 is 5.43 Å². The Balaban J connectivity index is 1.94. The number of esters is 1. The Morgan fingerprint density at radius 1 is 1.03 bits per heavy atom. The van der Waals surface area contributed by atoms with Crippen molar-refractivity contribution >= 4 is 46.7 Å². The fraction of sp³-hybridized carbons (Fsp3) is 0.261. The molecule has 0 spiro atoms. The van der Waals surface area contributed by atoms with Crippen molar-refractivity contribution < 1.29 is 14.3 Å². The van der Waals surface area contributed by atoms with E-state index in [0.717, 1.165) is 25.9 Å². The van der Waals surface area contributed by atoms with E-state index in [1.54, 1.807) is 49.4 Å². The molecule has 1 fully saturated rings. The molecule has 172 valence electrons. The minimum atomic E-state index is -0.662. The standard InChI is InChI=1S/C23H21Cl3N4O3/c1-2-33-23(32)19-20(22(31)28-29-11-3-4-12-29)27-30(18-10-9-16(25)13-17(18)26)21(19)14-5-7-15(24)8-6-14/h5-10,13H,2-4,11-12H2,1H3,(H,28,31). The number of nitrogens with one attached hydrogen (secondary N) is 1. The molecule has 0 atom stereocenters. The van der Waals surface area contributed by atoms with E-state index in [-0.39, 0.29) is 17.9 Å². The number of rotatable bonds is 6. The van der Waals surface area contributed by atoms with Crippen LogP contribution in [0.3, 0.4) is 0 Å². The minimum Gasteiger partial charge on any atom is -0.462 e. The molecule has 1 N–H and O–H groups in total. The topological polar surface area (TPSA) is 76.5 Å². The molecule has 0 bridgehead atoms. The van der Waals surface area contributed by atoms with E-state index >= 15 is 0 Å². The highest BCUT2D eigenvalue weighted by atomic mass is 35.5. The molecule has 3 aromatic rings. The van der Waals surface area contributed by atoms with Gasteiger partial charge in [0.05, 0.1) is 23.0 Å². The van der Waals surface area contributed by atoms with Crippen molar-refractivity contribution in [3.05, 3.63) is 68.8 Å². The predicted octanol–water partition coefficient (Wildman–Crippen LogP) is 5.42. The van der Waals surface area contributed by atoms with E-state index < -0.39 is 11.9 Å². The quantitative estimate of drug-likeness (QED) is 0.451. The SMILES string of the molecule is CCOC(=O)c1c(C(=O)NN2CCCC2)nn(-c2ccc(Cl)cc2Cl)c1-c1ccc(Cl)cc1. The Morgan fingerprint density at radius 3 is 2.33 bits per heavy atom. The van der Waals surface area contributed by atoms with Gasteiger partial charge in [-0.25, -0.2) is 14.5 Å². The van der Waals surface area contributed by atoms with Crippen LogP contribution in [0.2, 0.25) is 15.1 Å². The lowest BCUT2D eigenvalue weighted by Gasteiger charge is -2.15. The Kier molecular flexibility index (Phi) is 7.24. The zero-order valence-corrected chi connectivity index (χ0v) is 20.0. The summed E-state index contributed by atoms with van der Waals surface area (Å²) < 4.78 is 6.77. The number of benzene rings is 2. The van der Waals surface area contributed by atoms with Crippen LogP contribution in [0.15, 0.2) is 42.5 Å². The van der Waals surface area contributed by atoms with E-state index in [4.69, 9.17) is 39.5 Å². The maximum absolute atomic E-state index is 13.2. The third-order valence-electron chi connectivity index (χ3n) is 5.20. The number of aromatic nitrogens is 2. The molecule has 1 amide bonds. The number of amides is 1. The number of carbonyl (C=O) groups excluding carboxylic acids is 2. The van der Waals surface area contributed by atoms with Crippen LogP contribution in [0.1, 0.15) is 40.6 Å². The Bertz CT molecular complexity index is 1190. The Hall–Kier alpha value is -2.58. The van der Waals surface area contributed by atoms with Gasteiger partial charge in [-0.1, -0.05) is 46.9 Å². The first-order valence-corrected chi connectivity index (χ1v) is 11.6. The number of hydrogen-bond donors (Lipinski definition) is 1. The molecule has 1 saturated heterocycles. The van der Waals surface area contributed by atoms with Crippen molar-refractivity contribution in [1.29, 1.82) is 0 Å². The summed E-state index contributed by atoms with van der Waals surface area (Å²) in [6.07, 6.45) is 1.96. The number of ether oxygens (including phenoxy) is 1. The first-order chi connectivity index (χ1) is 15.9. The Labute approximate surface area is 206 Å². The predicted molar refractivity (Wildman–Crippen MR) is 128 cm³/mol. The fourth-order valence-electron chi connectivity index (χ4n) is 3.70. The molecule has 0 saturated carbocycles. The van der Waals surface area contributed by atoms with Crippen LogP contribution >= 0.6 is 34.8 Å². The van der Waals surface area contributed by atoms with Gasteiger partial charge in [0.25, 0.3) is 5.91 Å². The van der Waals surface area contributed by atoms with Crippen LogP contribution in [0.4, 0.5) is 0 Å². The number of hydrazine groups is 1. The van der Waals surface area contributed by atoms with Crippen molar-refractivity contribution in [2.24, 2.45) is 0 Å². The van der Waals surface area contributed by atoms with Crippen LogP contribution in [0.5, 0.6) is 0 Å². The van der Waals surface area contributed by atoms with E-state index in [2.05, 4.69) is 10.5 Å². The average Bonchev–Trinajstić information content (AvgIpc) is 3.42. The molecule has 1 aliphatic rings. The second-order valence-electron chi connectivity index (χ2n) is 7.44. The van der Waals surface area contributed by atoms with Crippen LogP contribution in [-0.2, 0) is 4.74 Å². The van der Waals surface area contributed by atoms with Gasteiger partial charge in [0.15, 0.2) is 5.69 Å². The molecule has 33 heavy (non-hydrogen) atoms. The zero-order valence-electron chi connectivity index (χ0n) is 17.8. The summed E-state index contributed by atoms with van der Waals surface area (Å²) in [6, 6.07) is 11.8. The highest BCUT2D eigenvalue weighted by molar-refractivity contribution is 6.35. The number of nitrogens with zero attached hydrogens (tertiary/aromatic N) is 3. The maximum atomic E-state index is 13.2. The molecular weight excluding hydrogens is 487 g/mol. The normalized spacial score (nSPS) is 13.8. The smallest absolute Gasteiger partial charge is 0.342 e. The molecule has 10 heteroatoms. The van der Waals surface area contributed by atoms with Gasteiger partial charge in [0, 0.05) is 28.7 Å². The van der Waals surface area contributed by atoms with Crippen LogP contribution in [-0.4, -0.2) is 46.4 Å². The Morgan fingerprint density at radius 2 is 1.70 bits per heavy atom. The first kappa shape index (κ1) is 23.6. The van der Waals surface area contributed by atoms with Gasteiger partial charge < -0.3 is 4.74 Å². The second kappa shape index (κ2) is 10.1. The summed E-state index contributed by atoms with van der Waals surface area (Å²) >= 11 is 18.6. The molecule has 2 heterocycles. The summed E-state index contributed by atoms with van der Waals surface area (Å²) in [7, 11) is 0. The molecule has 2 aromatic carbocycles. The van der Waals surface area contributed by atoms with Gasteiger partial charge in [-0.2, -0.15) is 5.10 Å². The van der Waals surface area contributed by atoms with E-state index in [1.165, 1.54) is 4.68 Å². The lowest BCUT2D eigenvalue weighted by molar-refractivity contribution is 0.0521. The van der Waals surface area contributed by atoms with Gasteiger partial charge in [0.1, 0.15) is 5.56 Å². The van der Waals surface area contributed by atoms with Crippen molar-refractivity contribution in [1.82, 2.24) is 20.2 Å². The molecular formula is C23H21Cl3N4O3. The van der Waals surface area contributed by atoms with Crippen molar-refractivity contribution in [3.8, 4) is 16.9 Å². The lowest BCUT2D eigenvalue weighted by atomic mass is 10.0.